The van der Waals surface area contributed by atoms with Gasteiger partial charge in [-0.15, -0.1) is 0 Å². The molecule has 0 saturated carbocycles. The van der Waals surface area contributed by atoms with Crippen LogP contribution in [0.2, 0.25) is 0 Å². The van der Waals surface area contributed by atoms with Crippen LogP contribution in [0.1, 0.15) is 24.7 Å². The van der Waals surface area contributed by atoms with E-state index >= 15 is 0 Å². The van der Waals surface area contributed by atoms with Crippen molar-refractivity contribution in [1.29, 1.82) is 0 Å². The van der Waals surface area contributed by atoms with Gasteiger partial charge >= 0.3 is 0 Å². The summed E-state index contributed by atoms with van der Waals surface area (Å²) in [5, 5.41) is 0. The minimum Gasteiger partial charge on any atom is -0.385 e. The van der Waals surface area contributed by atoms with Crippen molar-refractivity contribution in [3.63, 3.8) is 0 Å². The monoisotopic (exact) mass is 282 g/mol. The molecule has 0 radical (unpaired) electrons. The van der Waals surface area contributed by atoms with Gasteiger partial charge in [0, 0.05) is 45.9 Å². The van der Waals surface area contributed by atoms with E-state index in [1.54, 1.807) is 14.2 Å². The van der Waals surface area contributed by atoms with Gasteiger partial charge in [-0.3, -0.25) is 0 Å². The van der Waals surface area contributed by atoms with Crippen molar-refractivity contribution in [1.82, 2.24) is 9.97 Å². The van der Waals surface area contributed by atoms with Gasteiger partial charge in [0.1, 0.15) is 17.5 Å². The van der Waals surface area contributed by atoms with Gasteiger partial charge in [0.15, 0.2) is 0 Å². The number of anilines is 2. The molecule has 0 aliphatic heterocycles. The molecule has 0 unspecified atom stereocenters. The molecule has 0 aliphatic carbocycles. The Labute approximate surface area is 121 Å². The first-order chi connectivity index (χ1) is 9.63. The average Bonchev–Trinajstić information content (AvgIpc) is 2.45. The van der Waals surface area contributed by atoms with Crippen molar-refractivity contribution in [3.8, 4) is 0 Å². The smallest absolute Gasteiger partial charge is 0.137 e. The Hall–Kier alpha value is -1.40. The Morgan fingerprint density at radius 2 is 1.80 bits per heavy atom. The maximum absolute atomic E-state index is 5.98. The van der Waals surface area contributed by atoms with Crippen molar-refractivity contribution >= 4 is 11.6 Å². The Kier molecular flexibility index (Phi) is 7.25. The Morgan fingerprint density at radius 3 is 2.40 bits per heavy atom. The second-order valence-electron chi connectivity index (χ2n) is 4.65. The van der Waals surface area contributed by atoms with E-state index in [0.717, 1.165) is 49.7 Å². The van der Waals surface area contributed by atoms with Crippen molar-refractivity contribution in [3.05, 3.63) is 11.4 Å². The lowest BCUT2D eigenvalue weighted by molar-refractivity contribution is 0.191. The lowest BCUT2D eigenvalue weighted by atomic mass is 10.2. The number of ether oxygens (including phenoxy) is 2. The molecular formula is C14H26N4O2. The van der Waals surface area contributed by atoms with Crippen molar-refractivity contribution in [2.24, 2.45) is 0 Å². The zero-order chi connectivity index (χ0) is 15.0. The van der Waals surface area contributed by atoms with Gasteiger partial charge < -0.3 is 20.1 Å². The zero-order valence-electron chi connectivity index (χ0n) is 13.0. The van der Waals surface area contributed by atoms with Crippen LogP contribution in [0.5, 0.6) is 0 Å². The Bertz CT molecular complexity index is 412. The molecule has 0 bridgehead atoms. The third-order valence-electron chi connectivity index (χ3n) is 3.16. The topological polar surface area (TPSA) is 73.5 Å². The molecule has 1 heterocycles. The molecule has 0 fully saturated rings. The van der Waals surface area contributed by atoms with Crippen LogP contribution < -0.4 is 10.6 Å². The van der Waals surface area contributed by atoms with E-state index in [4.69, 9.17) is 15.2 Å². The van der Waals surface area contributed by atoms with E-state index in [1.807, 2.05) is 13.8 Å². The van der Waals surface area contributed by atoms with Gasteiger partial charge in [-0.1, -0.05) is 6.92 Å². The summed E-state index contributed by atoms with van der Waals surface area (Å²) in [6.45, 7) is 7.00. The van der Waals surface area contributed by atoms with Gasteiger partial charge in [0.2, 0.25) is 0 Å². The molecular weight excluding hydrogens is 256 g/mol. The van der Waals surface area contributed by atoms with Crippen LogP contribution in [0.3, 0.4) is 0 Å². The molecule has 0 spiro atoms. The van der Waals surface area contributed by atoms with Crippen LogP contribution in [-0.2, 0) is 15.9 Å². The maximum atomic E-state index is 5.98. The molecule has 0 atom stereocenters. The normalized spacial score (nSPS) is 10.8. The molecule has 6 heteroatoms. The summed E-state index contributed by atoms with van der Waals surface area (Å²) < 4.78 is 10.3. The summed E-state index contributed by atoms with van der Waals surface area (Å²) in [7, 11) is 3.41. The minimum absolute atomic E-state index is 0.556. The highest BCUT2D eigenvalue weighted by Gasteiger charge is 2.14. The number of hydrogen-bond donors (Lipinski definition) is 1. The van der Waals surface area contributed by atoms with Crippen LogP contribution in [-0.4, -0.2) is 50.5 Å². The molecule has 1 rings (SSSR count). The highest BCUT2D eigenvalue weighted by molar-refractivity contribution is 5.56. The summed E-state index contributed by atoms with van der Waals surface area (Å²) in [6, 6.07) is 0. The molecule has 0 saturated heterocycles. The van der Waals surface area contributed by atoms with E-state index in [1.165, 1.54) is 0 Å². The molecule has 114 valence electrons. The van der Waals surface area contributed by atoms with E-state index in [0.29, 0.717) is 12.4 Å². The van der Waals surface area contributed by atoms with E-state index in [9.17, 15) is 0 Å². The number of rotatable bonds is 9. The number of nitrogen functional groups attached to an aromatic ring is 1. The van der Waals surface area contributed by atoms with Crippen LogP contribution >= 0.6 is 0 Å². The molecule has 1 aromatic rings. The van der Waals surface area contributed by atoms with Crippen LogP contribution in [0.15, 0.2) is 0 Å². The lowest BCUT2D eigenvalue weighted by Crippen LogP contribution is -2.31. The second-order valence-corrected chi connectivity index (χ2v) is 4.65. The fraction of sp³-hybridized carbons (Fsp3) is 0.714. The third kappa shape index (κ3) is 4.61. The number of nitrogens with zero attached hydrogens (tertiary/aromatic N) is 3. The summed E-state index contributed by atoms with van der Waals surface area (Å²) >= 11 is 0. The molecule has 0 amide bonds. The number of hydrogen-bond acceptors (Lipinski definition) is 6. The first-order valence-corrected chi connectivity index (χ1v) is 6.99. The summed E-state index contributed by atoms with van der Waals surface area (Å²) in [6.07, 6.45) is 1.71. The highest BCUT2D eigenvalue weighted by Crippen LogP contribution is 2.22. The predicted molar refractivity (Wildman–Crippen MR) is 81.1 cm³/mol. The molecule has 20 heavy (non-hydrogen) atoms. The van der Waals surface area contributed by atoms with E-state index in [2.05, 4.69) is 14.9 Å². The summed E-state index contributed by atoms with van der Waals surface area (Å²) in [4.78, 5) is 11.1. The van der Waals surface area contributed by atoms with Gasteiger partial charge in [0.25, 0.3) is 0 Å². The maximum Gasteiger partial charge on any atom is 0.137 e. The fourth-order valence-corrected chi connectivity index (χ4v) is 1.96. The van der Waals surface area contributed by atoms with Crippen LogP contribution in [0.4, 0.5) is 11.6 Å². The molecule has 6 nitrogen and oxygen atoms in total. The number of nitrogens with two attached hydrogens (primary N) is 1. The summed E-state index contributed by atoms with van der Waals surface area (Å²) in [5.74, 6) is 2.24. The average molecular weight is 282 g/mol. The minimum atomic E-state index is 0.556. The molecule has 0 aliphatic rings. The van der Waals surface area contributed by atoms with Gasteiger partial charge in [-0.25, -0.2) is 9.97 Å². The quantitative estimate of drug-likeness (QED) is 0.691. The van der Waals surface area contributed by atoms with E-state index in [-0.39, 0.29) is 0 Å². The first kappa shape index (κ1) is 16.7. The third-order valence-corrected chi connectivity index (χ3v) is 3.16. The molecule has 1 aromatic heterocycles. The standard InChI is InChI=1S/C14H26N4O2/c1-5-12-16-13(15)11(2)14(17-12)18(8-10-20-4)7-6-9-19-3/h5-10H2,1-4H3,(H2,15,16,17). The van der Waals surface area contributed by atoms with Gasteiger partial charge in [-0.05, 0) is 13.3 Å². The van der Waals surface area contributed by atoms with E-state index < -0.39 is 0 Å². The van der Waals surface area contributed by atoms with Crippen molar-refractivity contribution in [2.45, 2.75) is 26.7 Å². The number of aromatic nitrogens is 2. The van der Waals surface area contributed by atoms with Crippen LogP contribution in [0, 0.1) is 6.92 Å². The zero-order valence-corrected chi connectivity index (χ0v) is 13.0. The fourth-order valence-electron chi connectivity index (χ4n) is 1.96. The van der Waals surface area contributed by atoms with Gasteiger partial charge in [-0.2, -0.15) is 0 Å². The second kappa shape index (κ2) is 8.71. The van der Waals surface area contributed by atoms with Crippen LogP contribution in [0.25, 0.3) is 0 Å². The van der Waals surface area contributed by atoms with Crippen molar-refractivity contribution < 1.29 is 9.47 Å². The predicted octanol–water partition coefficient (Wildman–Crippen LogP) is 1.42. The molecule has 2 N–H and O–H groups in total. The molecule has 0 aromatic carbocycles. The summed E-state index contributed by atoms with van der Waals surface area (Å²) in [5.41, 5.74) is 6.91. The Morgan fingerprint density at radius 1 is 1.10 bits per heavy atom. The number of aryl methyl sites for hydroxylation is 1. The highest BCUT2D eigenvalue weighted by atomic mass is 16.5. The largest absolute Gasteiger partial charge is 0.385 e. The lowest BCUT2D eigenvalue weighted by Gasteiger charge is -2.25. The number of methoxy groups -OCH3 is 2. The Balaban J connectivity index is 2.95. The first-order valence-electron chi connectivity index (χ1n) is 6.99. The van der Waals surface area contributed by atoms with Gasteiger partial charge in [0.05, 0.1) is 6.61 Å². The SMILES string of the molecule is CCc1nc(N)c(C)c(N(CCCOC)CCOC)n1. The van der Waals surface area contributed by atoms with Crippen molar-refractivity contribution in [2.75, 3.05) is 51.2 Å².